The van der Waals surface area contributed by atoms with E-state index in [2.05, 4.69) is 10.1 Å². The first-order chi connectivity index (χ1) is 18.7. The number of alkyl halides is 3. The second kappa shape index (κ2) is 11.2. The monoisotopic (exact) mass is 555 g/mol. The summed E-state index contributed by atoms with van der Waals surface area (Å²) in [4.78, 5) is 18.2. The van der Waals surface area contributed by atoms with Crippen molar-refractivity contribution in [2.45, 2.75) is 46.0 Å². The van der Waals surface area contributed by atoms with Gasteiger partial charge in [0.15, 0.2) is 0 Å². The fourth-order valence-electron chi connectivity index (χ4n) is 4.35. The third-order valence-corrected chi connectivity index (χ3v) is 5.91. The van der Waals surface area contributed by atoms with Crippen LogP contribution in [0.4, 0.5) is 17.6 Å². The van der Waals surface area contributed by atoms with E-state index in [-0.39, 0.29) is 30.4 Å². The number of aromatic nitrogens is 2. The van der Waals surface area contributed by atoms with Crippen LogP contribution in [0.25, 0.3) is 34.0 Å². The zero-order valence-electron chi connectivity index (χ0n) is 22.8. The number of likely N-dealkylation sites (N-methyl/N-ethyl adjacent to an activating group) is 1. The van der Waals surface area contributed by atoms with Crippen molar-refractivity contribution in [2.24, 2.45) is 0 Å². The molecule has 0 aliphatic heterocycles. The van der Waals surface area contributed by atoms with Crippen LogP contribution >= 0.6 is 0 Å². The average Bonchev–Trinajstić information content (AvgIpc) is 3.32. The maximum absolute atomic E-state index is 14.5. The molecule has 40 heavy (non-hydrogen) atoms. The van der Waals surface area contributed by atoms with Crippen molar-refractivity contribution in [3.63, 3.8) is 0 Å². The minimum absolute atomic E-state index is 0.0261. The summed E-state index contributed by atoms with van der Waals surface area (Å²) in [5.41, 5.74) is 1.26. The highest BCUT2D eigenvalue weighted by molar-refractivity contribution is 5.74. The number of aryl methyl sites for hydroxylation is 1. The van der Waals surface area contributed by atoms with E-state index in [1.165, 1.54) is 24.3 Å². The third kappa shape index (κ3) is 7.12. The summed E-state index contributed by atoms with van der Waals surface area (Å²) in [6, 6.07) is 14.6. The standard InChI is InChI=1S/C30H29F4N3O3/c1-18-12-20(10-11-23(18)24-8-6-7-9-25(24)30(32,33)34)28-35-27(36-40-28)21-13-19(14-22(31)15-21)16-37(5)17-26(38)39-29(2,3)4/h6-15H,16-17H2,1-5H3. The zero-order valence-corrected chi connectivity index (χ0v) is 22.8. The van der Waals surface area contributed by atoms with E-state index in [9.17, 15) is 22.4 Å². The van der Waals surface area contributed by atoms with Crippen LogP contribution in [-0.4, -0.2) is 40.2 Å². The van der Waals surface area contributed by atoms with Gasteiger partial charge in [-0.2, -0.15) is 18.2 Å². The van der Waals surface area contributed by atoms with E-state index in [0.29, 0.717) is 27.8 Å². The molecule has 0 fully saturated rings. The Bertz CT molecular complexity index is 1520. The third-order valence-electron chi connectivity index (χ3n) is 5.91. The number of hydrogen-bond donors (Lipinski definition) is 0. The van der Waals surface area contributed by atoms with Crippen LogP contribution < -0.4 is 0 Å². The Morgan fingerprint density at radius 1 is 0.975 bits per heavy atom. The molecule has 4 aromatic rings. The summed E-state index contributed by atoms with van der Waals surface area (Å²) in [7, 11) is 1.72. The van der Waals surface area contributed by atoms with Crippen LogP contribution in [0, 0.1) is 12.7 Å². The van der Waals surface area contributed by atoms with Crippen molar-refractivity contribution in [1.29, 1.82) is 0 Å². The lowest BCUT2D eigenvalue weighted by atomic mass is 9.94. The number of carbonyl (C=O) groups is 1. The van der Waals surface area contributed by atoms with Gasteiger partial charge >= 0.3 is 12.1 Å². The first-order valence-electron chi connectivity index (χ1n) is 12.5. The lowest BCUT2D eigenvalue weighted by molar-refractivity contribution is -0.155. The number of benzene rings is 3. The Hall–Kier alpha value is -4.05. The normalized spacial score (nSPS) is 12.2. The second-order valence-corrected chi connectivity index (χ2v) is 10.6. The highest BCUT2D eigenvalue weighted by Crippen LogP contribution is 2.39. The zero-order chi connectivity index (χ0) is 29.2. The SMILES string of the molecule is Cc1cc(-c2nc(-c3cc(F)cc(CN(C)CC(=O)OC(C)(C)C)c3)no2)ccc1-c1ccccc1C(F)(F)F. The quantitative estimate of drug-likeness (QED) is 0.176. The molecule has 4 rings (SSSR count). The summed E-state index contributed by atoms with van der Waals surface area (Å²) in [5, 5.41) is 3.98. The molecule has 0 atom stereocenters. The Morgan fingerprint density at radius 2 is 1.70 bits per heavy atom. The lowest BCUT2D eigenvalue weighted by Gasteiger charge is -2.22. The van der Waals surface area contributed by atoms with Crippen molar-refractivity contribution in [1.82, 2.24) is 15.0 Å². The van der Waals surface area contributed by atoms with Crippen LogP contribution in [0.3, 0.4) is 0 Å². The van der Waals surface area contributed by atoms with Gasteiger partial charge in [-0.15, -0.1) is 0 Å². The van der Waals surface area contributed by atoms with Crippen molar-refractivity contribution >= 4 is 5.97 Å². The summed E-state index contributed by atoms with van der Waals surface area (Å²) in [5.74, 6) is -0.609. The molecule has 1 heterocycles. The second-order valence-electron chi connectivity index (χ2n) is 10.6. The Kier molecular flexibility index (Phi) is 8.11. The fourth-order valence-corrected chi connectivity index (χ4v) is 4.35. The predicted octanol–water partition coefficient (Wildman–Crippen LogP) is 7.31. The van der Waals surface area contributed by atoms with Crippen molar-refractivity contribution in [2.75, 3.05) is 13.6 Å². The van der Waals surface area contributed by atoms with Gasteiger partial charge in [-0.3, -0.25) is 9.69 Å². The van der Waals surface area contributed by atoms with Gasteiger partial charge in [0.25, 0.3) is 5.89 Å². The van der Waals surface area contributed by atoms with E-state index >= 15 is 0 Å². The lowest BCUT2D eigenvalue weighted by Crippen LogP contribution is -2.32. The van der Waals surface area contributed by atoms with Crippen LogP contribution in [0.2, 0.25) is 0 Å². The smallest absolute Gasteiger partial charge is 0.417 e. The Labute approximate surface area is 229 Å². The molecule has 3 aromatic carbocycles. The van der Waals surface area contributed by atoms with Gasteiger partial charge in [-0.1, -0.05) is 29.4 Å². The molecule has 0 spiro atoms. The number of rotatable bonds is 7. The van der Waals surface area contributed by atoms with Crippen LogP contribution in [0.5, 0.6) is 0 Å². The molecule has 0 aliphatic rings. The van der Waals surface area contributed by atoms with E-state index < -0.39 is 29.1 Å². The van der Waals surface area contributed by atoms with Gasteiger partial charge in [0, 0.05) is 17.7 Å². The van der Waals surface area contributed by atoms with E-state index in [4.69, 9.17) is 9.26 Å². The number of esters is 1. The van der Waals surface area contributed by atoms with Crippen LogP contribution in [-0.2, 0) is 22.3 Å². The number of hydrogen-bond acceptors (Lipinski definition) is 6. The topological polar surface area (TPSA) is 68.5 Å². The average molecular weight is 556 g/mol. The first kappa shape index (κ1) is 28.9. The molecule has 0 saturated carbocycles. The molecule has 10 heteroatoms. The molecular formula is C30H29F4N3O3. The maximum Gasteiger partial charge on any atom is 0.417 e. The molecule has 0 bridgehead atoms. The highest BCUT2D eigenvalue weighted by atomic mass is 19.4. The van der Waals surface area contributed by atoms with E-state index in [1.807, 2.05) is 0 Å². The summed E-state index contributed by atoms with van der Waals surface area (Å²) >= 11 is 0. The molecule has 6 nitrogen and oxygen atoms in total. The molecule has 0 radical (unpaired) electrons. The van der Waals surface area contributed by atoms with E-state index in [0.717, 1.165) is 6.07 Å². The molecule has 0 amide bonds. The molecule has 0 unspecified atom stereocenters. The van der Waals surface area contributed by atoms with Gasteiger partial charge in [-0.05, 0) is 93.4 Å². The van der Waals surface area contributed by atoms with Crippen LogP contribution in [0.15, 0.2) is 65.2 Å². The Morgan fingerprint density at radius 3 is 2.38 bits per heavy atom. The first-order valence-corrected chi connectivity index (χ1v) is 12.5. The van der Waals surface area contributed by atoms with Gasteiger partial charge < -0.3 is 9.26 Å². The minimum atomic E-state index is -4.49. The minimum Gasteiger partial charge on any atom is -0.459 e. The largest absolute Gasteiger partial charge is 0.459 e. The predicted molar refractivity (Wildman–Crippen MR) is 142 cm³/mol. The number of ether oxygens (including phenoxy) is 1. The molecule has 1 aromatic heterocycles. The molecule has 210 valence electrons. The van der Waals surface area contributed by atoms with Gasteiger partial charge in [0.05, 0.1) is 12.1 Å². The van der Waals surface area contributed by atoms with Crippen molar-refractivity contribution in [3.05, 3.63) is 83.2 Å². The van der Waals surface area contributed by atoms with E-state index in [1.54, 1.807) is 70.0 Å². The molecule has 0 saturated heterocycles. The fraction of sp³-hybridized carbons (Fsp3) is 0.300. The van der Waals surface area contributed by atoms with Gasteiger partial charge in [-0.25, -0.2) is 4.39 Å². The Balaban J connectivity index is 1.55. The number of nitrogens with zero attached hydrogens (tertiary/aromatic N) is 3. The maximum atomic E-state index is 14.5. The van der Waals surface area contributed by atoms with Crippen LogP contribution in [0.1, 0.15) is 37.5 Å². The summed E-state index contributed by atoms with van der Waals surface area (Å²) in [6.45, 7) is 7.35. The summed E-state index contributed by atoms with van der Waals surface area (Å²) in [6.07, 6.45) is -4.49. The summed E-state index contributed by atoms with van der Waals surface area (Å²) < 4.78 is 65.8. The van der Waals surface area contributed by atoms with Crippen molar-refractivity contribution < 1.29 is 31.6 Å². The highest BCUT2D eigenvalue weighted by Gasteiger charge is 2.33. The number of halogens is 4. The van der Waals surface area contributed by atoms with Gasteiger partial charge in [0.2, 0.25) is 5.82 Å². The van der Waals surface area contributed by atoms with Gasteiger partial charge in [0.1, 0.15) is 11.4 Å². The molecule has 0 aliphatic carbocycles. The number of carbonyl (C=O) groups excluding carboxylic acids is 1. The molecular weight excluding hydrogens is 526 g/mol. The molecule has 0 N–H and O–H groups in total. The van der Waals surface area contributed by atoms with Crippen molar-refractivity contribution in [3.8, 4) is 34.0 Å².